The minimum Gasteiger partial charge on any atom is -0.497 e. The van der Waals surface area contributed by atoms with Gasteiger partial charge in [-0.3, -0.25) is 10.1 Å². The molecular weight excluding hydrogens is 426 g/mol. The molecule has 3 rings (SSSR count). The maximum absolute atomic E-state index is 12.7. The zero-order valence-electron chi connectivity index (χ0n) is 16.6. The first kappa shape index (κ1) is 21.7. The van der Waals surface area contributed by atoms with Crippen LogP contribution >= 0.6 is 11.3 Å². The number of hydrogen-bond acceptors (Lipinski definition) is 7. The number of aromatic nitrogens is 2. The molecule has 1 amide bonds. The van der Waals surface area contributed by atoms with Gasteiger partial charge in [-0.2, -0.15) is 12.7 Å². The molecule has 9 nitrogen and oxygen atoms in total. The minimum atomic E-state index is -3.86. The van der Waals surface area contributed by atoms with Crippen molar-refractivity contribution >= 4 is 38.3 Å². The third-order valence-electron chi connectivity index (χ3n) is 4.08. The first-order valence-corrected chi connectivity index (χ1v) is 11.1. The van der Waals surface area contributed by atoms with E-state index < -0.39 is 22.7 Å². The van der Waals surface area contributed by atoms with Crippen LogP contribution in [0.1, 0.15) is 0 Å². The van der Waals surface area contributed by atoms with Crippen LogP contribution in [0.3, 0.4) is 0 Å². The van der Waals surface area contributed by atoms with Gasteiger partial charge in [-0.25, -0.2) is 4.31 Å². The van der Waals surface area contributed by atoms with E-state index in [4.69, 9.17) is 4.74 Å². The van der Waals surface area contributed by atoms with Crippen LogP contribution in [0.2, 0.25) is 0 Å². The first-order valence-electron chi connectivity index (χ1n) is 8.84. The van der Waals surface area contributed by atoms with Gasteiger partial charge in [0.25, 0.3) is 0 Å². The van der Waals surface area contributed by atoms with Crippen LogP contribution in [0.25, 0.3) is 10.6 Å². The van der Waals surface area contributed by atoms with Crippen molar-refractivity contribution in [2.75, 3.05) is 37.4 Å². The van der Waals surface area contributed by atoms with E-state index in [2.05, 4.69) is 15.5 Å². The minimum absolute atomic E-state index is 0.279. The average Bonchev–Trinajstić information content (AvgIpc) is 3.20. The fourth-order valence-corrected chi connectivity index (χ4v) is 4.34. The summed E-state index contributed by atoms with van der Waals surface area (Å²) in [5.41, 5.74) is 1.22. The summed E-state index contributed by atoms with van der Waals surface area (Å²) in [5, 5.41) is 11.6. The summed E-state index contributed by atoms with van der Waals surface area (Å²) in [6.07, 6.45) is 0. The summed E-state index contributed by atoms with van der Waals surface area (Å²) >= 11 is 1.19. The highest BCUT2D eigenvalue weighted by atomic mass is 32.2. The normalized spacial score (nSPS) is 11.3. The number of nitrogens with one attached hydrogen (secondary N) is 1. The number of hydrogen-bond donors (Lipinski definition) is 1. The standard InChI is InChI=1S/C19H21N5O4S2/c1-23(2)30(26,27)24(15-7-5-4-6-8-15)13-17(25)20-19-22-21-18(29-19)14-9-11-16(28-3)12-10-14/h4-12H,13H2,1-3H3,(H,20,22,25). The highest BCUT2D eigenvalue weighted by molar-refractivity contribution is 7.90. The van der Waals surface area contributed by atoms with Crippen molar-refractivity contribution in [1.82, 2.24) is 14.5 Å². The SMILES string of the molecule is COc1ccc(-c2nnc(NC(=O)CN(c3ccccc3)S(=O)(=O)N(C)C)s2)cc1. The van der Waals surface area contributed by atoms with Crippen LogP contribution < -0.4 is 14.4 Å². The monoisotopic (exact) mass is 447 g/mol. The molecule has 1 aromatic heterocycles. The van der Waals surface area contributed by atoms with Gasteiger partial charge in [-0.05, 0) is 36.4 Å². The van der Waals surface area contributed by atoms with Gasteiger partial charge in [-0.1, -0.05) is 29.5 Å². The molecule has 3 aromatic rings. The molecule has 0 bridgehead atoms. The quantitative estimate of drug-likeness (QED) is 0.569. The number of para-hydroxylation sites is 1. The van der Waals surface area contributed by atoms with E-state index in [1.54, 1.807) is 49.6 Å². The van der Waals surface area contributed by atoms with Crippen LogP contribution in [0.5, 0.6) is 5.75 Å². The number of carbonyl (C=O) groups excluding carboxylic acids is 1. The van der Waals surface area contributed by atoms with Gasteiger partial charge in [0.05, 0.1) is 12.8 Å². The number of nitrogens with zero attached hydrogens (tertiary/aromatic N) is 4. The number of carbonyl (C=O) groups is 1. The number of rotatable bonds is 8. The van der Waals surface area contributed by atoms with Gasteiger partial charge in [0, 0.05) is 19.7 Å². The maximum Gasteiger partial charge on any atom is 0.304 e. The molecule has 0 spiro atoms. The van der Waals surface area contributed by atoms with E-state index in [1.807, 2.05) is 12.1 Å². The second kappa shape index (κ2) is 9.20. The molecule has 1 N–H and O–H groups in total. The third kappa shape index (κ3) is 4.93. The molecule has 0 saturated heterocycles. The summed E-state index contributed by atoms with van der Waals surface area (Å²) in [6.45, 7) is -0.401. The molecule has 158 valence electrons. The Bertz CT molecular complexity index is 1100. The molecule has 0 saturated carbocycles. The van der Waals surface area contributed by atoms with E-state index in [0.717, 1.165) is 19.9 Å². The maximum atomic E-state index is 12.7. The molecule has 0 fully saturated rings. The van der Waals surface area contributed by atoms with Crippen LogP contribution in [-0.2, 0) is 15.0 Å². The number of amides is 1. The Morgan fingerprint density at radius 1 is 1.07 bits per heavy atom. The molecule has 1 heterocycles. The van der Waals surface area contributed by atoms with E-state index in [0.29, 0.717) is 10.7 Å². The van der Waals surface area contributed by atoms with E-state index in [9.17, 15) is 13.2 Å². The highest BCUT2D eigenvalue weighted by Crippen LogP contribution is 2.28. The average molecular weight is 448 g/mol. The Labute approximate surface area is 179 Å². The van der Waals surface area contributed by atoms with E-state index in [1.165, 1.54) is 25.4 Å². The third-order valence-corrected chi connectivity index (χ3v) is 6.79. The first-order chi connectivity index (χ1) is 14.3. The number of ether oxygens (including phenoxy) is 1. The number of anilines is 2. The summed E-state index contributed by atoms with van der Waals surface area (Å²) in [6, 6.07) is 15.7. The molecule has 0 aliphatic rings. The second-order valence-corrected chi connectivity index (χ2v) is 9.37. The van der Waals surface area contributed by atoms with Gasteiger partial charge in [0.15, 0.2) is 0 Å². The van der Waals surface area contributed by atoms with E-state index >= 15 is 0 Å². The summed E-state index contributed by atoms with van der Waals surface area (Å²) in [5.74, 6) is 0.196. The van der Waals surface area contributed by atoms with Gasteiger partial charge >= 0.3 is 10.2 Å². The smallest absolute Gasteiger partial charge is 0.304 e. The predicted molar refractivity (Wildman–Crippen MR) is 117 cm³/mol. The van der Waals surface area contributed by atoms with Crippen molar-refractivity contribution in [3.63, 3.8) is 0 Å². The molecule has 2 aromatic carbocycles. The topological polar surface area (TPSA) is 105 Å². The lowest BCUT2D eigenvalue weighted by Gasteiger charge is -2.26. The lowest BCUT2D eigenvalue weighted by molar-refractivity contribution is -0.114. The Morgan fingerprint density at radius 2 is 1.73 bits per heavy atom. The molecule has 0 radical (unpaired) electrons. The van der Waals surface area contributed by atoms with Crippen molar-refractivity contribution in [3.8, 4) is 16.3 Å². The largest absolute Gasteiger partial charge is 0.497 e. The molecule has 0 atom stereocenters. The predicted octanol–water partition coefficient (Wildman–Crippen LogP) is 2.47. The van der Waals surface area contributed by atoms with Crippen LogP contribution in [0.4, 0.5) is 10.8 Å². The lowest BCUT2D eigenvalue weighted by Crippen LogP contribution is -2.44. The van der Waals surface area contributed by atoms with Crippen molar-refractivity contribution in [2.45, 2.75) is 0 Å². The number of benzene rings is 2. The molecule has 0 unspecified atom stereocenters. The Morgan fingerprint density at radius 3 is 2.33 bits per heavy atom. The molecule has 11 heteroatoms. The summed E-state index contributed by atoms with van der Waals surface area (Å²) in [4.78, 5) is 12.6. The number of methoxy groups -OCH3 is 1. The zero-order valence-corrected chi connectivity index (χ0v) is 18.3. The van der Waals surface area contributed by atoms with Gasteiger partial charge in [0.1, 0.15) is 17.3 Å². The Hall–Kier alpha value is -3.02. The molecule has 0 aliphatic carbocycles. The Balaban J connectivity index is 1.75. The summed E-state index contributed by atoms with van der Waals surface area (Å²) in [7, 11) is 0.547. The van der Waals surface area contributed by atoms with Crippen molar-refractivity contribution in [1.29, 1.82) is 0 Å². The van der Waals surface area contributed by atoms with Crippen molar-refractivity contribution in [2.24, 2.45) is 0 Å². The zero-order chi connectivity index (χ0) is 21.7. The van der Waals surface area contributed by atoms with Gasteiger partial charge < -0.3 is 4.74 Å². The second-order valence-electron chi connectivity index (χ2n) is 6.32. The fourth-order valence-electron chi connectivity index (χ4n) is 2.51. The van der Waals surface area contributed by atoms with Crippen LogP contribution in [-0.4, -0.2) is 56.6 Å². The Kier molecular flexibility index (Phi) is 6.65. The molecule has 30 heavy (non-hydrogen) atoms. The van der Waals surface area contributed by atoms with E-state index in [-0.39, 0.29) is 5.13 Å². The van der Waals surface area contributed by atoms with Crippen LogP contribution in [0.15, 0.2) is 54.6 Å². The molecular formula is C19H21N5O4S2. The lowest BCUT2D eigenvalue weighted by atomic mass is 10.2. The van der Waals surface area contributed by atoms with Gasteiger partial charge in [-0.15, -0.1) is 10.2 Å². The van der Waals surface area contributed by atoms with Crippen molar-refractivity contribution < 1.29 is 17.9 Å². The van der Waals surface area contributed by atoms with Crippen LogP contribution in [0, 0.1) is 0 Å². The fraction of sp³-hybridized carbons (Fsp3) is 0.211. The highest BCUT2D eigenvalue weighted by Gasteiger charge is 2.27. The summed E-state index contributed by atoms with van der Waals surface area (Å²) < 4.78 is 32.6. The molecule has 0 aliphatic heterocycles. The van der Waals surface area contributed by atoms with Gasteiger partial charge in [0.2, 0.25) is 11.0 Å². The van der Waals surface area contributed by atoms with Crippen molar-refractivity contribution in [3.05, 3.63) is 54.6 Å².